The maximum absolute atomic E-state index is 11.6. The molecular weight excluding hydrogens is 284 g/mol. The molecule has 1 rings (SSSR count). The minimum atomic E-state index is -0.980. The van der Waals surface area contributed by atoms with Crippen molar-refractivity contribution in [2.75, 3.05) is 5.75 Å². The van der Waals surface area contributed by atoms with Gasteiger partial charge in [0.25, 0.3) is 0 Å². The number of carbonyl (C=O) groups excluding carboxylic acids is 2. The molecule has 100 valence electrons. The van der Waals surface area contributed by atoms with E-state index in [2.05, 4.69) is 11.8 Å². The highest BCUT2D eigenvalue weighted by atomic mass is 32.2. The first-order chi connectivity index (χ1) is 8.99. The first-order valence-electron chi connectivity index (χ1n) is 5.46. The van der Waals surface area contributed by atoms with Crippen molar-refractivity contribution < 1.29 is 19.5 Å². The molecule has 0 saturated carbocycles. The third-order valence-electron chi connectivity index (χ3n) is 2.01. The maximum atomic E-state index is 11.6. The van der Waals surface area contributed by atoms with E-state index in [1.165, 1.54) is 18.3 Å². The zero-order valence-corrected chi connectivity index (χ0v) is 11.9. The fraction of sp³-hybridized carbons (Fsp3) is 0.308. The van der Waals surface area contributed by atoms with E-state index in [-0.39, 0.29) is 23.7 Å². The predicted molar refractivity (Wildman–Crippen MR) is 75.5 cm³/mol. The lowest BCUT2D eigenvalue weighted by molar-refractivity contribution is -0.136. The number of ketones is 1. The van der Waals surface area contributed by atoms with Crippen LogP contribution in [0.5, 0.6) is 0 Å². The van der Waals surface area contributed by atoms with Gasteiger partial charge in [0.15, 0.2) is 10.9 Å². The molecule has 0 aromatic carbocycles. The minimum absolute atomic E-state index is 0.00288. The lowest BCUT2D eigenvalue weighted by atomic mass is 10.2. The molecule has 1 aromatic heterocycles. The lowest BCUT2D eigenvalue weighted by Crippen LogP contribution is -2.01. The van der Waals surface area contributed by atoms with Crippen LogP contribution >= 0.6 is 23.1 Å². The summed E-state index contributed by atoms with van der Waals surface area (Å²) in [6.45, 7) is 1.48. The number of carbonyl (C=O) groups is 3. The summed E-state index contributed by atoms with van der Waals surface area (Å²) in [5.74, 6) is 4.96. The average Bonchev–Trinajstić information content (AvgIpc) is 2.80. The Labute approximate surface area is 119 Å². The Hall–Kier alpha value is -1.58. The van der Waals surface area contributed by atoms with Crippen LogP contribution in [0.15, 0.2) is 12.1 Å². The zero-order chi connectivity index (χ0) is 14.3. The first-order valence-corrected chi connectivity index (χ1v) is 7.26. The topological polar surface area (TPSA) is 71.4 Å². The number of carboxylic acids is 1. The third kappa shape index (κ3) is 6.22. The molecule has 0 aliphatic carbocycles. The molecule has 0 amide bonds. The van der Waals surface area contributed by atoms with Gasteiger partial charge in [-0.15, -0.1) is 11.3 Å². The molecule has 1 N–H and O–H groups in total. The summed E-state index contributed by atoms with van der Waals surface area (Å²) in [7, 11) is 0. The van der Waals surface area contributed by atoms with Crippen LogP contribution in [-0.4, -0.2) is 27.7 Å². The SMILES string of the molecule is CC(=O)SCC#Cc1ccc(C(=O)CCC(=O)O)s1. The van der Waals surface area contributed by atoms with Gasteiger partial charge in [0, 0.05) is 13.3 Å². The van der Waals surface area contributed by atoms with Crippen LogP contribution in [0.2, 0.25) is 0 Å². The molecule has 0 radical (unpaired) electrons. The summed E-state index contributed by atoms with van der Waals surface area (Å²) in [5.41, 5.74) is 0. The molecule has 0 spiro atoms. The van der Waals surface area contributed by atoms with E-state index in [0.29, 0.717) is 10.6 Å². The van der Waals surface area contributed by atoms with Crippen LogP contribution < -0.4 is 0 Å². The molecule has 6 heteroatoms. The van der Waals surface area contributed by atoms with Gasteiger partial charge in [-0.2, -0.15) is 0 Å². The van der Waals surface area contributed by atoms with Crippen LogP contribution in [0.25, 0.3) is 0 Å². The fourth-order valence-electron chi connectivity index (χ4n) is 1.16. The van der Waals surface area contributed by atoms with Crippen LogP contribution in [0.3, 0.4) is 0 Å². The van der Waals surface area contributed by atoms with E-state index in [4.69, 9.17) is 5.11 Å². The second-order valence-corrected chi connectivity index (χ2v) is 5.80. The van der Waals surface area contributed by atoms with Gasteiger partial charge in [0.2, 0.25) is 0 Å². The summed E-state index contributed by atoms with van der Waals surface area (Å²) >= 11 is 2.38. The Kier molecular flexibility index (Phi) is 6.33. The van der Waals surface area contributed by atoms with Gasteiger partial charge in [0.05, 0.1) is 21.9 Å². The van der Waals surface area contributed by atoms with Crippen molar-refractivity contribution >= 4 is 40.0 Å². The van der Waals surface area contributed by atoms with Gasteiger partial charge in [-0.05, 0) is 12.1 Å². The summed E-state index contributed by atoms with van der Waals surface area (Å²) < 4.78 is 0. The number of carboxylic acid groups (broad SMARTS) is 1. The summed E-state index contributed by atoms with van der Waals surface area (Å²) in [6, 6.07) is 3.38. The minimum Gasteiger partial charge on any atom is -0.481 e. The second kappa shape index (κ2) is 7.77. The van der Waals surface area contributed by atoms with Crippen molar-refractivity contribution in [3.8, 4) is 11.8 Å². The van der Waals surface area contributed by atoms with Gasteiger partial charge in [-0.25, -0.2) is 0 Å². The highest BCUT2D eigenvalue weighted by Crippen LogP contribution is 2.18. The van der Waals surface area contributed by atoms with Gasteiger partial charge in [-0.1, -0.05) is 23.6 Å². The van der Waals surface area contributed by atoms with Gasteiger partial charge >= 0.3 is 5.97 Å². The summed E-state index contributed by atoms with van der Waals surface area (Å²) in [4.78, 5) is 33.9. The average molecular weight is 296 g/mol. The first kappa shape index (κ1) is 15.5. The molecule has 0 bridgehead atoms. The van der Waals surface area contributed by atoms with Crippen LogP contribution in [-0.2, 0) is 9.59 Å². The highest BCUT2D eigenvalue weighted by Gasteiger charge is 2.10. The molecule has 0 aliphatic rings. The van der Waals surface area contributed by atoms with Gasteiger partial charge < -0.3 is 5.11 Å². The van der Waals surface area contributed by atoms with Crippen LogP contribution in [0, 0.1) is 11.8 Å². The zero-order valence-electron chi connectivity index (χ0n) is 10.3. The largest absolute Gasteiger partial charge is 0.481 e. The Morgan fingerprint density at radius 1 is 1.32 bits per heavy atom. The smallest absolute Gasteiger partial charge is 0.303 e. The monoisotopic (exact) mass is 296 g/mol. The lowest BCUT2D eigenvalue weighted by Gasteiger charge is -1.93. The Morgan fingerprint density at radius 3 is 2.68 bits per heavy atom. The molecule has 0 atom stereocenters. The number of hydrogen-bond acceptors (Lipinski definition) is 5. The predicted octanol–water partition coefficient (Wildman–Crippen LogP) is 2.43. The van der Waals surface area contributed by atoms with E-state index >= 15 is 0 Å². The molecule has 0 unspecified atom stereocenters. The Balaban J connectivity index is 2.54. The van der Waals surface area contributed by atoms with E-state index in [1.807, 2.05) is 0 Å². The van der Waals surface area contributed by atoms with E-state index in [9.17, 15) is 14.4 Å². The summed E-state index contributed by atoms with van der Waals surface area (Å²) in [6.07, 6.45) is -0.157. The van der Waals surface area contributed by atoms with E-state index in [1.54, 1.807) is 12.1 Å². The van der Waals surface area contributed by atoms with E-state index in [0.717, 1.165) is 16.6 Å². The van der Waals surface area contributed by atoms with E-state index < -0.39 is 5.97 Å². The van der Waals surface area contributed by atoms with Crippen LogP contribution in [0.1, 0.15) is 34.3 Å². The summed E-state index contributed by atoms with van der Waals surface area (Å²) in [5, 5.41) is 8.52. The highest BCUT2D eigenvalue weighted by molar-refractivity contribution is 8.13. The number of rotatable bonds is 5. The number of thiophene rings is 1. The van der Waals surface area contributed by atoms with Crippen molar-refractivity contribution in [1.29, 1.82) is 0 Å². The second-order valence-electron chi connectivity index (χ2n) is 3.56. The Morgan fingerprint density at radius 2 is 2.05 bits per heavy atom. The number of Topliss-reactive ketones (excluding diaryl/α,β-unsaturated/α-hetero) is 1. The fourth-order valence-corrected chi connectivity index (χ4v) is 2.36. The van der Waals surface area contributed by atoms with Gasteiger partial charge in [-0.3, -0.25) is 14.4 Å². The van der Waals surface area contributed by atoms with Crippen LogP contribution in [0.4, 0.5) is 0 Å². The van der Waals surface area contributed by atoms with Crippen molar-refractivity contribution in [3.63, 3.8) is 0 Å². The van der Waals surface area contributed by atoms with Crippen molar-refractivity contribution in [1.82, 2.24) is 0 Å². The Bertz CT molecular complexity index is 548. The van der Waals surface area contributed by atoms with Crippen molar-refractivity contribution in [3.05, 3.63) is 21.9 Å². The standard InChI is InChI=1S/C13H12O4S2/c1-9(14)18-8-2-3-10-4-6-12(19-10)11(15)5-7-13(16)17/h4,6H,5,7-8H2,1H3,(H,16,17). The normalized spacial score (nSPS) is 9.53. The molecule has 4 nitrogen and oxygen atoms in total. The molecule has 0 fully saturated rings. The quantitative estimate of drug-likeness (QED) is 0.667. The number of thioether (sulfide) groups is 1. The third-order valence-corrected chi connectivity index (χ3v) is 3.74. The molecule has 19 heavy (non-hydrogen) atoms. The van der Waals surface area contributed by atoms with Crippen molar-refractivity contribution in [2.24, 2.45) is 0 Å². The molecule has 0 aliphatic heterocycles. The van der Waals surface area contributed by atoms with Gasteiger partial charge in [0.1, 0.15) is 0 Å². The number of aliphatic carboxylic acids is 1. The maximum Gasteiger partial charge on any atom is 0.303 e. The molecule has 1 heterocycles. The molecule has 0 saturated heterocycles. The number of hydrogen-bond donors (Lipinski definition) is 1. The van der Waals surface area contributed by atoms with Crippen molar-refractivity contribution in [2.45, 2.75) is 19.8 Å². The molecule has 1 aromatic rings. The molecular formula is C13H12O4S2.